The van der Waals surface area contributed by atoms with E-state index in [-0.39, 0.29) is 0 Å². The highest BCUT2D eigenvalue weighted by molar-refractivity contribution is 6.77. The van der Waals surface area contributed by atoms with Crippen LogP contribution in [0.15, 0.2) is 24.3 Å². The van der Waals surface area contributed by atoms with E-state index in [4.69, 9.17) is 11.6 Å². The van der Waals surface area contributed by atoms with E-state index in [0.717, 1.165) is 10.6 Å². The quantitative estimate of drug-likeness (QED) is 0.446. The molecular formula is C15H25ClSi. The predicted molar refractivity (Wildman–Crippen MR) is 81.7 cm³/mol. The lowest BCUT2D eigenvalue weighted by Gasteiger charge is -2.29. The molecule has 0 saturated heterocycles. The van der Waals surface area contributed by atoms with Gasteiger partial charge in [-0.05, 0) is 29.7 Å². The molecule has 0 aromatic heterocycles. The van der Waals surface area contributed by atoms with Crippen LogP contribution in [0.1, 0.15) is 43.7 Å². The number of unbranched alkanes of at least 4 members (excludes halogenated alkanes) is 2. The molecule has 0 aliphatic rings. The minimum atomic E-state index is -1.14. The summed E-state index contributed by atoms with van der Waals surface area (Å²) in [6.07, 6.45) is 5.35. The van der Waals surface area contributed by atoms with Crippen molar-refractivity contribution < 1.29 is 0 Å². The van der Waals surface area contributed by atoms with Gasteiger partial charge in [0.05, 0.1) is 8.07 Å². The van der Waals surface area contributed by atoms with Gasteiger partial charge in [0.15, 0.2) is 0 Å². The zero-order valence-corrected chi connectivity index (χ0v) is 13.3. The Hall–Kier alpha value is -0.273. The Morgan fingerprint density at radius 1 is 1.06 bits per heavy atom. The number of hydrogen-bond donors (Lipinski definition) is 0. The maximum Gasteiger partial charge on any atom is 0.0521 e. The summed E-state index contributed by atoms with van der Waals surface area (Å²) in [6.45, 7) is 9.68. The van der Waals surface area contributed by atoms with Gasteiger partial charge in [0.2, 0.25) is 0 Å². The van der Waals surface area contributed by atoms with E-state index in [0.29, 0.717) is 0 Å². The monoisotopic (exact) mass is 268 g/mol. The number of halogens is 1. The molecule has 0 N–H and O–H groups in total. The standard InChI is InChI=1S/C15H25ClSi/c1-5-6-7-8-15(17(2,3)4)13-9-11-14(16)12-10-13/h9-12,15H,5-8H2,1-4H3. The smallest absolute Gasteiger partial charge is 0.0521 e. The first kappa shape index (κ1) is 14.8. The molecule has 2 heteroatoms. The van der Waals surface area contributed by atoms with Crippen LogP contribution in [0.2, 0.25) is 24.7 Å². The molecule has 1 aromatic rings. The van der Waals surface area contributed by atoms with Crippen molar-refractivity contribution in [2.45, 2.75) is 57.8 Å². The van der Waals surface area contributed by atoms with Crippen LogP contribution < -0.4 is 0 Å². The number of hydrogen-bond acceptors (Lipinski definition) is 0. The maximum absolute atomic E-state index is 5.97. The van der Waals surface area contributed by atoms with Crippen LogP contribution in [0.3, 0.4) is 0 Å². The summed E-state index contributed by atoms with van der Waals surface area (Å²) < 4.78 is 0. The highest BCUT2D eigenvalue weighted by Crippen LogP contribution is 2.32. The van der Waals surface area contributed by atoms with Crippen LogP contribution >= 0.6 is 11.6 Å². The van der Waals surface area contributed by atoms with Crippen LogP contribution in [0.25, 0.3) is 0 Å². The molecule has 1 rings (SSSR count). The van der Waals surface area contributed by atoms with Gasteiger partial charge in [0, 0.05) is 5.02 Å². The second-order valence-corrected chi connectivity index (χ2v) is 11.8. The van der Waals surface area contributed by atoms with E-state index in [1.165, 1.54) is 31.2 Å². The van der Waals surface area contributed by atoms with Gasteiger partial charge in [-0.15, -0.1) is 0 Å². The topological polar surface area (TPSA) is 0 Å². The van der Waals surface area contributed by atoms with Crippen LogP contribution in [0.5, 0.6) is 0 Å². The molecule has 0 fully saturated rings. The van der Waals surface area contributed by atoms with Crippen LogP contribution in [-0.4, -0.2) is 8.07 Å². The first-order valence-electron chi connectivity index (χ1n) is 6.70. The SMILES string of the molecule is CCCCCC(c1ccc(Cl)cc1)[Si](C)(C)C. The molecule has 1 aromatic carbocycles. The molecule has 0 heterocycles. The zero-order chi connectivity index (χ0) is 12.9. The Morgan fingerprint density at radius 3 is 2.12 bits per heavy atom. The highest BCUT2D eigenvalue weighted by atomic mass is 35.5. The average Bonchev–Trinajstić information content (AvgIpc) is 2.25. The minimum absolute atomic E-state index is 0.770. The van der Waals surface area contributed by atoms with Crippen molar-refractivity contribution in [1.29, 1.82) is 0 Å². The second-order valence-electron chi connectivity index (χ2n) is 5.97. The Balaban J connectivity index is 2.79. The molecule has 0 aliphatic heterocycles. The molecule has 0 radical (unpaired) electrons. The first-order chi connectivity index (χ1) is 7.95. The fourth-order valence-corrected chi connectivity index (χ4v) is 4.78. The van der Waals surface area contributed by atoms with Gasteiger partial charge in [-0.3, -0.25) is 0 Å². The normalized spacial score (nSPS) is 13.7. The van der Waals surface area contributed by atoms with Gasteiger partial charge in [0.1, 0.15) is 0 Å². The van der Waals surface area contributed by atoms with E-state index >= 15 is 0 Å². The van der Waals surface area contributed by atoms with Crippen molar-refractivity contribution in [2.24, 2.45) is 0 Å². The summed E-state index contributed by atoms with van der Waals surface area (Å²) >= 11 is 5.97. The number of benzene rings is 1. The largest absolute Gasteiger partial charge is 0.0843 e. The fraction of sp³-hybridized carbons (Fsp3) is 0.600. The van der Waals surface area contributed by atoms with Gasteiger partial charge in [0.25, 0.3) is 0 Å². The van der Waals surface area contributed by atoms with Crippen molar-refractivity contribution in [3.8, 4) is 0 Å². The van der Waals surface area contributed by atoms with Gasteiger partial charge < -0.3 is 0 Å². The van der Waals surface area contributed by atoms with Crippen LogP contribution in [0.4, 0.5) is 0 Å². The van der Waals surface area contributed by atoms with E-state index < -0.39 is 8.07 Å². The molecule has 0 aliphatic carbocycles. The van der Waals surface area contributed by atoms with Crippen molar-refractivity contribution in [2.75, 3.05) is 0 Å². The van der Waals surface area contributed by atoms with Crippen molar-refractivity contribution >= 4 is 19.7 Å². The lowest BCUT2D eigenvalue weighted by Crippen LogP contribution is -2.31. The van der Waals surface area contributed by atoms with Gasteiger partial charge in [-0.25, -0.2) is 0 Å². The van der Waals surface area contributed by atoms with E-state index in [9.17, 15) is 0 Å². The summed E-state index contributed by atoms with van der Waals surface area (Å²) in [6, 6.07) is 8.50. The van der Waals surface area contributed by atoms with Gasteiger partial charge in [-0.1, -0.05) is 69.6 Å². The molecule has 96 valence electrons. The van der Waals surface area contributed by atoms with Crippen LogP contribution in [0, 0.1) is 0 Å². The van der Waals surface area contributed by atoms with Crippen molar-refractivity contribution in [3.05, 3.63) is 34.9 Å². The zero-order valence-electron chi connectivity index (χ0n) is 11.6. The highest BCUT2D eigenvalue weighted by Gasteiger charge is 2.27. The molecule has 0 saturated carbocycles. The fourth-order valence-electron chi connectivity index (χ4n) is 2.39. The lowest BCUT2D eigenvalue weighted by atomic mass is 10.1. The molecule has 1 atom stereocenters. The van der Waals surface area contributed by atoms with E-state index in [1.54, 1.807) is 0 Å². The Labute approximate surface area is 112 Å². The summed E-state index contributed by atoms with van der Waals surface area (Å²) in [7, 11) is -1.14. The van der Waals surface area contributed by atoms with E-state index in [2.05, 4.69) is 38.7 Å². The molecule has 17 heavy (non-hydrogen) atoms. The molecule has 0 spiro atoms. The Morgan fingerprint density at radius 2 is 1.65 bits per heavy atom. The van der Waals surface area contributed by atoms with Gasteiger partial charge in [-0.2, -0.15) is 0 Å². The summed E-state index contributed by atoms with van der Waals surface area (Å²) in [5, 5.41) is 0.844. The van der Waals surface area contributed by atoms with Gasteiger partial charge >= 0.3 is 0 Å². The molecule has 0 bridgehead atoms. The molecular weight excluding hydrogens is 244 g/mol. The predicted octanol–water partition coefficient (Wildman–Crippen LogP) is 5.88. The van der Waals surface area contributed by atoms with Crippen molar-refractivity contribution in [1.82, 2.24) is 0 Å². The van der Waals surface area contributed by atoms with Crippen molar-refractivity contribution in [3.63, 3.8) is 0 Å². The van der Waals surface area contributed by atoms with Crippen LogP contribution in [-0.2, 0) is 0 Å². The summed E-state index contributed by atoms with van der Waals surface area (Å²) in [4.78, 5) is 0. The Bertz CT molecular complexity index is 324. The summed E-state index contributed by atoms with van der Waals surface area (Å²) in [5.74, 6) is 0. The second kappa shape index (κ2) is 6.60. The lowest BCUT2D eigenvalue weighted by molar-refractivity contribution is 0.644. The molecule has 1 unspecified atom stereocenters. The minimum Gasteiger partial charge on any atom is -0.0843 e. The number of rotatable bonds is 6. The summed E-state index contributed by atoms with van der Waals surface area (Å²) in [5.41, 5.74) is 2.26. The third-order valence-electron chi connectivity index (χ3n) is 3.41. The molecule has 0 amide bonds. The average molecular weight is 269 g/mol. The Kier molecular flexibility index (Phi) is 5.74. The third kappa shape index (κ3) is 4.85. The maximum atomic E-state index is 5.97. The van der Waals surface area contributed by atoms with E-state index in [1.807, 2.05) is 12.1 Å². The first-order valence-corrected chi connectivity index (χ1v) is 10.7. The third-order valence-corrected chi connectivity index (χ3v) is 6.38. The molecule has 0 nitrogen and oxygen atoms in total.